The minimum atomic E-state index is -3.73. The van der Waals surface area contributed by atoms with Gasteiger partial charge < -0.3 is 9.84 Å². The molecule has 10 nitrogen and oxygen atoms in total. The van der Waals surface area contributed by atoms with Crippen LogP contribution in [-0.2, 0) is 47.2 Å². The molecule has 4 aromatic rings. The largest absolute Gasteiger partial charge is 0.481 e. The van der Waals surface area contributed by atoms with Crippen molar-refractivity contribution < 1.29 is 45.0 Å². The van der Waals surface area contributed by atoms with Crippen molar-refractivity contribution in [3.05, 3.63) is 137 Å². The monoisotopic (exact) mass is 780 g/mol. The number of halogens is 2. The summed E-state index contributed by atoms with van der Waals surface area (Å²) in [6.07, 6.45) is 4.22. The van der Waals surface area contributed by atoms with Crippen molar-refractivity contribution in [2.24, 2.45) is 0 Å². The van der Waals surface area contributed by atoms with E-state index in [2.05, 4.69) is 0 Å². The lowest BCUT2D eigenvalue weighted by molar-refractivity contribution is -0.140. The van der Waals surface area contributed by atoms with Crippen molar-refractivity contribution in [3.8, 4) is 0 Å². The van der Waals surface area contributed by atoms with Gasteiger partial charge in [-0.3, -0.25) is 9.59 Å². The minimum absolute atomic E-state index is 0.00910. The summed E-state index contributed by atoms with van der Waals surface area (Å²) in [5.41, 5.74) is 4.19. The summed E-state index contributed by atoms with van der Waals surface area (Å²) in [5.74, 6) is -2.19. The van der Waals surface area contributed by atoms with Crippen LogP contribution in [0.4, 0.5) is 8.78 Å². The van der Waals surface area contributed by atoms with E-state index in [9.17, 15) is 35.2 Å². The molecule has 0 bridgehead atoms. The molecule has 2 atom stereocenters. The van der Waals surface area contributed by atoms with E-state index in [1.807, 2.05) is 55.5 Å². The van der Waals surface area contributed by atoms with Crippen molar-refractivity contribution in [2.75, 3.05) is 26.7 Å². The van der Waals surface area contributed by atoms with Gasteiger partial charge in [-0.05, 0) is 108 Å². The predicted molar refractivity (Wildman–Crippen MR) is 199 cm³/mol. The third-order valence-corrected chi connectivity index (χ3v) is 13.3. The van der Waals surface area contributed by atoms with E-state index < -0.39 is 37.7 Å². The first-order valence-corrected chi connectivity index (χ1v) is 20.2. The van der Waals surface area contributed by atoms with Crippen molar-refractivity contribution in [3.63, 3.8) is 0 Å². The summed E-state index contributed by atoms with van der Waals surface area (Å²) in [6, 6.07) is 24.3. The van der Waals surface area contributed by atoms with Gasteiger partial charge in [0.25, 0.3) is 0 Å². The molecule has 0 saturated carbocycles. The molecule has 0 aliphatic carbocycles. The van der Waals surface area contributed by atoms with Crippen LogP contribution in [-0.4, -0.2) is 75.3 Å². The fourth-order valence-corrected chi connectivity index (χ4v) is 9.70. The Labute approximate surface area is 314 Å². The maximum Gasteiger partial charge on any atom is 0.309 e. The Bertz CT molecular complexity index is 2210. The molecule has 2 heterocycles. The summed E-state index contributed by atoms with van der Waals surface area (Å²) < 4.78 is 85.5. The van der Waals surface area contributed by atoms with Gasteiger partial charge in [-0.25, -0.2) is 25.6 Å². The van der Waals surface area contributed by atoms with Crippen LogP contribution in [0.3, 0.4) is 0 Å². The zero-order chi connectivity index (χ0) is 39.0. The molecular weight excluding hydrogens is 739 g/mol. The van der Waals surface area contributed by atoms with Gasteiger partial charge in [-0.15, -0.1) is 0 Å². The Kier molecular flexibility index (Phi) is 13.2. The second-order valence-electron chi connectivity index (χ2n) is 13.2. The molecule has 0 radical (unpaired) electrons. The number of hydrogen-bond donors (Lipinski definition) is 1. The molecule has 54 heavy (non-hydrogen) atoms. The number of methoxy groups -OCH3 is 1. The van der Waals surface area contributed by atoms with Crippen LogP contribution in [0.1, 0.15) is 54.4 Å². The number of rotatable bonds is 10. The summed E-state index contributed by atoms with van der Waals surface area (Å²) in [4.78, 5) is 22.6. The number of nitrogens with zero attached hydrogens (tertiary/aromatic N) is 2. The molecule has 2 aliphatic rings. The van der Waals surface area contributed by atoms with E-state index in [1.165, 1.54) is 40.0 Å². The Hall–Kier alpha value is -4.76. The average Bonchev–Trinajstić information content (AvgIpc) is 3.15. The molecule has 2 unspecified atom stereocenters. The molecule has 1 saturated heterocycles. The number of carbonyl (C=O) groups excluding carboxylic acids is 1. The van der Waals surface area contributed by atoms with Crippen LogP contribution in [0.2, 0.25) is 0 Å². The maximum atomic E-state index is 13.2. The number of carboxylic acids is 1. The second kappa shape index (κ2) is 17.6. The van der Waals surface area contributed by atoms with Crippen LogP contribution in [0, 0.1) is 11.6 Å². The van der Waals surface area contributed by atoms with Gasteiger partial charge in [-0.1, -0.05) is 54.6 Å². The highest BCUT2D eigenvalue weighted by Crippen LogP contribution is 2.34. The lowest BCUT2D eigenvalue weighted by Gasteiger charge is -2.37. The molecule has 0 amide bonds. The Morgan fingerprint density at radius 1 is 0.796 bits per heavy atom. The first kappa shape index (κ1) is 40.4. The number of hydrogen-bond acceptors (Lipinski definition) is 7. The molecular formula is C40H42F2N2O8S2. The average molecular weight is 781 g/mol. The standard InChI is InChI=1S/C20H20FNO4S.C20H22FNO4S/c1-26-20(23)13-15-4-2-5-16(12-15)17-6-3-11-22(14-17)27(24,25)19-9-7-18(21)8-10-19;1-14-5-6-17(16-4-2-3-15(11-16)12-20(23)24)13-22(14)27(25,26)19-9-7-18(21)8-10-19/h2,4-10,12H,3,11,13-14H2,1H3;2-4,7-11,14,17H,5-6,12-13H2,1H3,(H,23,24). The number of ether oxygens (including phenoxy) is 1. The number of esters is 1. The van der Waals surface area contributed by atoms with Crippen molar-refractivity contribution in [1.29, 1.82) is 0 Å². The minimum Gasteiger partial charge on any atom is -0.481 e. The molecule has 4 aromatic carbocycles. The van der Waals surface area contributed by atoms with Crippen LogP contribution in [0.5, 0.6) is 0 Å². The fourth-order valence-electron chi connectivity index (χ4n) is 6.56. The van der Waals surface area contributed by atoms with E-state index >= 15 is 0 Å². The van der Waals surface area contributed by atoms with E-state index in [-0.39, 0.29) is 47.1 Å². The lowest BCUT2D eigenvalue weighted by Crippen LogP contribution is -2.44. The number of benzene rings is 4. The van der Waals surface area contributed by atoms with Crippen LogP contribution in [0.15, 0.2) is 113 Å². The van der Waals surface area contributed by atoms with E-state index in [1.54, 1.807) is 6.07 Å². The lowest BCUT2D eigenvalue weighted by atomic mass is 9.88. The molecule has 14 heteroatoms. The molecule has 286 valence electrons. The third kappa shape index (κ3) is 10.1. The van der Waals surface area contributed by atoms with Crippen LogP contribution in [0.25, 0.3) is 5.57 Å². The highest BCUT2D eigenvalue weighted by Gasteiger charge is 2.35. The number of piperidine rings is 1. The van der Waals surface area contributed by atoms with E-state index in [0.717, 1.165) is 52.9 Å². The third-order valence-electron chi connectivity index (χ3n) is 9.46. The van der Waals surface area contributed by atoms with Crippen LogP contribution >= 0.6 is 0 Å². The second-order valence-corrected chi connectivity index (χ2v) is 17.1. The van der Waals surface area contributed by atoms with Gasteiger partial charge in [0.1, 0.15) is 11.6 Å². The van der Waals surface area contributed by atoms with E-state index in [4.69, 9.17) is 9.84 Å². The number of carboxylic acid groups (broad SMARTS) is 1. The van der Waals surface area contributed by atoms with Crippen LogP contribution < -0.4 is 0 Å². The van der Waals surface area contributed by atoms with Gasteiger partial charge in [0.15, 0.2) is 0 Å². The van der Waals surface area contributed by atoms with Gasteiger partial charge >= 0.3 is 11.9 Å². The molecule has 0 spiro atoms. The van der Waals surface area contributed by atoms with Crippen molar-refractivity contribution in [1.82, 2.24) is 8.61 Å². The SMILES string of the molecule is CC1CCC(c2cccc(CC(=O)O)c2)CN1S(=O)(=O)c1ccc(F)cc1.COC(=O)Cc1cccc(C2=CCCN(S(=O)(=O)c3ccc(F)cc3)C2)c1. The van der Waals surface area contributed by atoms with Crippen molar-refractivity contribution >= 4 is 37.6 Å². The molecule has 1 N–H and O–H groups in total. The quantitative estimate of drug-likeness (QED) is 0.182. The Morgan fingerprint density at radius 3 is 2.00 bits per heavy atom. The normalized spacial score (nSPS) is 18.2. The zero-order valence-electron chi connectivity index (χ0n) is 29.9. The van der Waals surface area contributed by atoms with Gasteiger partial charge in [0, 0.05) is 25.7 Å². The predicted octanol–water partition coefficient (Wildman–Crippen LogP) is 6.43. The summed E-state index contributed by atoms with van der Waals surface area (Å²) in [7, 11) is -6.09. The molecule has 2 aliphatic heterocycles. The van der Waals surface area contributed by atoms with Gasteiger partial charge in [0.2, 0.25) is 20.0 Å². The molecule has 1 fully saturated rings. The van der Waals surface area contributed by atoms with E-state index in [0.29, 0.717) is 31.5 Å². The highest BCUT2D eigenvalue weighted by atomic mass is 32.2. The first-order chi connectivity index (χ1) is 25.7. The first-order valence-electron chi connectivity index (χ1n) is 17.4. The fraction of sp³-hybridized carbons (Fsp3) is 0.300. The smallest absolute Gasteiger partial charge is 0.309 e. The summed E-state index contributed by atoms with van der Waals surface area (Å²) in [5, 5.41) is 8.98. The Balaban J connectivity index is 0.000000208. The van der Waals surface area contributed by atoms with Crippen molar-refractivity contribution in [2.45, 2.75) is 60.8 Å². The molecule has 0 aromatic heterocycles. The maximum absolute atomic E-state index is 13.2. The van der Waals surface area contributed by atoms with Gasteiger partial charge in [-0.2, -0.15) is 8.61 Å². The molecule has 6 rings (SSSR count). The number of sulfonamides is 2. The summed E-state index contributed by atoms with van der Waals surface area (Å²) in [6.45, 7) is 2.78. The highest BCUT2D eigenvalue weighted by molar-refractivity contribution is 7.89. The summed E-state index contributed by atoms with van der Waals surface area (Å²) >= 11 is 0. The number of carbonyl (C=O) groups is 2. The van der Waals surface area contributed by atoms with Gasteiger partial charge in [0.05, 0.1) is 29.7 Å². The Morgan fingerprint density at radius 2 is 1.39 bits per heavy atom. The zero-order valence-corrected chi connectivity index (χ0v) is 31.5. The topological polar surface area (TPSA) is 138 Å². The number of aliphatic carboxylic acids is 1.